The molecule has 0 aliphatic carbocycles. The lowest BCUT2D eigenvalue weighted by atomic mass is 10.2. The summed E-state index contributed by atoms with van der Waals surface area (Å²) >= 11 is 0. The van der Waals surface area contributed by atoms with Crippen molar-refractivity contribution in [3.63, 3.8) is 0 Å². The molecular weight excluding hydrogens is 116 g/mol. The van der Waals surface area contributed by atoms with Crippen LogP contribution in [0.3, 0.4) is 0 Å². The Morgan fingerprint density at radius 2 is 2.33 bits per heavy atom. The molecule has 0 amide bonds. The topological polar surface area (TPSA) is 37.3 Å². The first-order valence-corrected chi connectivity index (χ1v) is 2.68. The van der Waals surface area contributed by atoms with Gasteiger partial charge in [0, 0.05) is 6.08 Å². The minimum absolute atomic E-state index is 0.645. The van der Waals surface area contributed by atoms with Gasteiger partial charge in [0.2, 0.25) is 0 Å². The van der Waals surface area contributed by atoms with E-state index in [1.54, 1.807) is 13.0 Å². The quantitative estimate of drug-likeness (QED) is 0.460. The highest BCUT2D eigenvalue weighted by Gasteiger charge is 1.89. The van der Waals surface area contributed by atoms with Crippen molar-refractivity contribution in [1.82, 2.24) is 0 Å². The zero-order chi connectivity index (χ0) is 7.28. The van der Waals surface area contributed by atoms with Crippen LogP contribution in [0.2, 0.25) is 0 Å². The Morgan fingerprint density at radius 3 is 2.67 bits per heavy atom. The van der Waals surface area contributed by atoms with Crippen molar-refractivity contribution in [2.75, 3.05) is 0 Å². The zero-order valence-electron chi connectivity index (χ0n) is 5.42. The maximum Gasteiger partial charge on any atom is 0.328 e. The van der Waals surface area contributed by atoms with E-state index in [0.29, 0.717) is 6.42 Å². The Balaban J connectivity index is 3.83. The lowest BCUT2D eigenvalue weighted by Gasteiger charge is -1.89. The normalized spacial score (nSPS) is 11.0. The Labute approximate surface area is 54.5 Å². The number of carbonyl (C=O) groups is 1. The molecular formula is C7H10O2. The summed E-state index contributed by atoms with van der Waals surface area (Å²) in [5.41, 5.74) is 0.817. The molecule has 0 saturated heterocycles. The molecule has 0 unspecified atom stereocenters. The molecule has 0 aliphatic rings. The first-order chi connectivity index (χ1) is 4.16. The monoisotopic (exact) mass is 126 g/mol. The van der Waals surface area contributed by atoms with E-state index in [-0.39, 0.29) is 0 Å². The lowest BCUT2D eigenvalue weighted by molar-refractivity contribution is -0.131. The average molecular weight is 126 g/mol. The second kappa shape index (κ2) is 3.89. The van der Waals surface area contributed by atoms with E-state index in [2.05, 4.69) is 6.58 Å². The van der Waals surface area contributed by atoms with Crippen LogP contribution in [0, 0.1) is 0 Å². The van der Waals surface area contributed by atoms with Crippen LogP contribution in [0.15, 0.2) is 24.3 Å². The fraction of sp³-hybridized carbons (Fsp3) is 0.286. The van der Waals surface area contributed by atoms with Gasteiger partial charge in [-0.15, -0.1) is 6.58 Å². The smallest absolute Gasteiger partial charge is 0.328 e. The molecule has 0 aromatic heterocycles. The first-order valence-electron chi connectivity index (χ1n) is 2.68. The Bertz CT molecular complexity index is 145. The van der Waals surface area contributed by atoms with Crippen molar-refractivity contribution < 1.29 is 9.90 Å². The van der Waals surface area contributed by atoms with Gasteiger partial charge in [-0.3, -0.25) is 0 Å². The lowest BCUT2D eigenvalue weighted by Crippen LogP contribution is -1.88. The van der Waals surface area contributed by atoms with Crippen LogP contribution in [0.5, 0.6) is 0 Å². The molecule has 0 saturated carbocycles. The van der Waals surface area contributed by atoms with Gasteiger partial charge in [0.1, 0.15) is 0 Å². The zero-order valence-corrected chi connectivity index (χ0v) is 5.42. The summed E-state index contributed by atoms with van der Waals surface area (Å²) in [5.74, 6) is -0.894. The van der Waals surface area contributed by atoms with Crippen molar-refractivity contribution in [2.24, 2.45) is 0 Å². The number of hydrogen-bond donors (Lipinski definition) is 1. The highest BCUT2D eigenvalue weighted by Crippen LogP contribution is 1.98. The average Bonchev–Trinajstić information content (AvgIpc) is 1.63. The van der Waals surface area contributed by atoms with E-state index < -0.39 is 5.97 Å². The van der Waals surface area contributed by atoms with Crippen LogP contribution < -0.4 is 0 Å². The number of carboxylic acids is 1. The highest BCUT2D eigenvalue weighted by molar-refractivity contribution is 5.80. The van der Waals surface area contributed by atoms with E-state index in [1.165, 1.54) is 6.08 Å². The third kappa shape index (κ3) is 4.81. The molecule has 0 aliphatic heterocycles. The van der Waals surface area contributed by atoms with Gasteiger partial charge in [-0.1, -0.05) is 11.6 Å². The van der Waals surface area contributed by atoms with Gasteiger partial charge in [-0.2, -0.15) is 0 Å². The van der Waals surface area contributed by atoms with E-state index >= 15 is 0 Å². The Kier molecular flexibility index (Phi) is 3.44. The minimum atomic E-state index is -0.894. The number of carboxylic acid groups (broad SMARTS) is 1. The van der Waals surface area contributed by atoms with Gasteiger partial charge in [-0.05, 0) is 13.3 Å². The summed E-state index contributed by atoms with van der Waals surface area (Å²) in [4.78, 5) is 9.97. The molecule has 0 spiro atoms. The predicted molar refractivity (Wildman–Crippen MR) is 36.2 cm³/mol. The van der Waals surface area contributed by atoms with Crippen molar-refractivity contribution in [2.45, 2.75) is 13.3 Å². The fourth-order valence-electron chi connectivity index (χ4n) is 0.497. The molecule has 1 N–H and O–H groups in total. The van der Waals surface area contributed by atoms with Crippen molar-refractivity contribution in [3.05, 3.63) is 24.3 Å². The third-order valence-corrected chi connectivity index (χ3v) is 0.836. The second-order valence-corrected chi connectivity index (χ2v) is 1.82. The summed E-state index contributed by atoms with van der Waals surface area (Å²) in [5, 5.41) is 8.20. The summed E-state index contributed by atoms with van der Waals surface area (Å²) in [7, 11) is 0. The van der Waals surface area contributed by atoms with Gasteiger partial charge >= 0.3 is 5.97 Å². The van der Waals surface area contributed by atoms with Gasteiger partial charge in [0.25, 0.3) is 0 Å². The van der Waals surface area contributed by atoms with Crippen LogP contribution in [-0.4, -0.2) is 11.1 Å². The standard InChI is InChI=1S/C7H10O2/c1-3-4-6(2)5-7(8)9/h3,5H,1,4H2,2H3,(H,8,9)/b6-5-. The third-order valence-electron chi connectivity index (χ3n) is 0.836. The summed E-state index contributed by atoms with van der Waals surface area (Å²) in [6.45, 7) is 5.23. The molecule has 2 heteroatoms. The summed E-state index contributed by atoms with van der Waals surface area (Å²) < 4.78 is 0. The maximum absolute atomic E-state index is 9.97. The SMILES string of the molecule is C=CC/C(C)=C\C(=O)O. The fourth-order valence-corrected chi connectivity index (χ4v) is 0.497. The maximum atomic E-state index is 9.97. The van der Waals surface area contributed by atoms with Crippen molar-refractivity contribution in [1.29, 1.82) is 0 Å². The van der Waals surface area contributed by atoms with E-state index in [4.69, 9.17) is 5.11 Å². The van der Waals surface area contributed by atoms with Crippen LogP contribution in [0.4, 0.5) is 0 Å². The largest absolute Gasteiger partial charge is 0.478 e. The Hall–Kier alpha value is -1.05. The summed E-state index contributed by atoms with van der Waals surface area (Å²) in [6.07, 6.45) is 3.50. The first kappa shape index (κ1) is 7.95. The van der Waals surface area contributed by atoms with E-state index in [1.807, 2.05) is 0 Å². The van der Waals surface area contributed by atoms with E-state index in [9.17, 15) is 4.79 Å². The van der Waals surface area contributed by atoms with Gasteiger partial charge in [0.15, 0.2) is 0 Å². The number of allylic oxidation sites excluding steroid dienone is 2. The molecule has 0 aromatic carbocycles. The second-order valence-electron chi connectivity index (χ2n) is 1.82. The Morgan fingerprint density at radius 1 is 1.78 bits per heavy atom. The number of rotatable bonds is 3. The molecule has 0 aromatic rings. The highest BCUT2D eigenvalue weighted by atomic mass is 16.4. The van der Waals surface area contributed by atoms with Gasteiger partial charge in [0.05, 0.1) is 0 Å². The predicted octanol–water partition coefficient (Wildman–Crippen LogP) is 1.59. The number of hydrogen-bond acceptors (Lipinski definition) is 1. The molecule has 50 valence electrons. The molecule has 0 fully saturated rings. The van der Waals surface area contributed by atoms with Crippen LogP contribution in [0.1, 0.15) is 13.3 Å². The van der Waals surface area contributed by atoms with Crippen LogP contribution in [0.25, 0.3) is 0 Å². The van der Waals surface area contributed by atoms with Crippen LogP contribution in [-0.2, 0) is 4.79 Å². The van der Waals surface area contributed by atoms with Crippen LogP contribution >= 0.6 is 0 Å². The molecule has 9 heavy (non-hydrogen) atoms. The molecule has 0 radical (unpaired) electrons. The molecule has 0 rings (SSSR count). The van der Waals surface area contributed by atoms with E-state index in [0.717, 1.165) is 5.57 Å². The number of aliphatic carboxylic acids is 1. The van der Waals surface area contributed by atoms with Gasteiger partial charge < -0.3 is 5.11 Å². The molecule has 0 heterocycles. The van der Waals surface area contributed by atoms with Crippen molar-refractivity contribution >= 4 is 5.97 Å². The summed E-state index contributed by atoms with van der Waals surface area (Å²) in [6, 6.07) is 0. The molecule has 2 nitrogen and oxygen atoms in total. The van der Waals surface area contributed by atoms with Gasteiger partial charge in [-0.25, -0.2) is 4.79 Å². The minimum Gasteiger partial charge on any atom is -0.478 e. The molecule has 0 bridgehead atoms. The molecule has 0 atom stereocenters. The van der Waals surface area contributed by atoms with Crippen molar-refractivity contribution in [3.8, 4) is 0 Å².